The summed E-state index contributed by atoms with van der Waals surface area (Å²) >= 11 is 0. The molecule has 0 aromatic heterocycles. The second-order valence-electron chi connectivity index (χ2n) is 5.24. The van der Waals surface area contributed by atoms with Crippen molar-refractivity contribution < 1.29 is 14.6 Å². The molecule has 3 rings (SSSR count). The third-order valence-electron chi connectivity index (χ3n) is 3.97. The standard InChI is InChI=1S/C14H20N2O3/c15-10-14(17)3-5-16(6-4-14)11-1-2-12-13(9-11)19-8-7-18-12/h1-2,9,17H,3-8,10,15H2. The fourth-order valence-corrected chi connectivity index (χ4v) is 2.61. The number of nitrogens with two attached hydrogens (primary N) is 1. The summed E-state index contributed by atoms with van der Waals surface area (Å²) in [5.41, 5.74) is 6.03. The smallest absolute Gasteiger partial charge is 0.163 e. The van der Waals surface area contributed by atoms with E-state index in [0.717, 1.165) is 30.3 Å². The van der Waals surface area contributed by atoms with Crippen LogP contribution < -0.4 is 20.1 Å². The number of piperidine rings is 1. The van der Waals surface area contributed by atoms with Crippen LogP contribution in [-0.2, 0) is 0 Å². The molecule has 2 aliphatic rings. The normalized spacial score (nSPS) is 21.3. The second-order valence-corrected chi connectivity index (χ2v) is 5.24. The molecule has 0 aliphatic carbocycles. The van der Waals surface area contributed by atoms with Crippen LogP contribution >= 0.6 is 0 Å². The lowest BCUT2D eigenvalue weighted by molar-refractivity contribution is 0.0250. The third kappa shape index (κ3) is 2.48. The van der Waals surface area contributed by atoms with E-state index < -0.39 is 5.60 Å². The highest BCUT2D eigenvalue weighted by Crippen LogP contribution is 2.35. The Kier molecular flexibility index (Phi) is 3.24. The zero-order chi connectivity index (χ0) is 13.3. The quantitative estimate of drug-likeness (QED) is 0.825. The molecular formula is C14H20N2O3. The van der Waals surface area contributed by atoms with E-state index in [1.165, 1.54) is 0 Å². The average Bonchev–Trinajstić information content (AvgIpc) is 2.47. The minimum absolute atomic E-state index is 0.335. The van der Waals surface area contributed by atoms with Gasteiger partial charge in [0.05, 0.1) is 5.60 Å². The van der Waals surface area contributed by atoms with Gasteiger partial charge in [0.25, 0.3) is 0 Å². The zero-order valence-corrected chi connectivity index (χ0v) is 11.0. The fraction of sp³-hybridized carbons (Fsp3) is 0.571. The Morgan fingerprint density at radius 1 is 1.16 bits per heavy atom. The molecule has 0 radical (unpaired) electrons. The van der Waals surface area contributed by atoms with Gasteiger partial charge in [0, 0.05) is 31.4 Å². The van der Waals surface area contributed by atoms with E-state index in [-0.39, 0.29) is 0 Å². The number of aliphatic hydroxyl groups is 1. The van der Waals surface area contributed by atoms with Crippen LogP contribution in [0.15, 0.2) is 18.2 Å². The first-order chi connectivity index (χ1) is 9.20. The Morgan fingerprint density at radius 3 is 2.53 bits per heavy atom. The van der Waals surface area contributed by atoms with Crippen molar-refractivity contribution in [3.63, 3.8) is 0 Å². The predicted octanol–water partition coefficient (Wildman–Crippen LogP) is 0.748. The average molecular weight is 264 g/mol. The van der Waals surface area contributed by atoms with Crippen molar-refractivity contribution in [3.8, 4) is 11.5 Å². The van der Waals surface area contributed by atoms with Gasteiger partial charge in [-0.25, -0.2) is 0 Å². The lowest BCUT2D eigenvalue weighted by Crippen LogP contribution is -2.48. The van der Waals surface area contributed by atoms with Crippen LogP contribution in [0.5, 0.6) is 11.5 Å². The largest absolute Gasteiger partial charge is 0.486 e. The minimum atomic E-state index is -0.690. The van der Waals surface area contributed by atoms with Gasteiger partial charge < -0.3 is 25.2 Å². The van der Waals surface area contributed by atoms with Gasteiger partial charge in [-0.3, -0.25) is 0 Å². The maximum absolute atomic E-state index is 10.1. The van der Waals surface area contributed by atoms with E-state index in [4.69, 9.17) is 15.2 Å². The van der Waals surface area contributed by atoms with Gasteiger partial charge in [-0.05, 0) is 25.0 Å². The molecule has 0 atom stereocenters. The number of benzene rings is 1. The van der Waals surface area contributed by atoms with Crippen LogP contribution in [-0.4, -0.2) is 43.6 Å². The van der Waals surface area contributed by atoms with Crippen molar-refractivity contribution in [2.75, 3.05) is 37.7 Å². The number of fused-ring (bicyclic) bond motifs is 1. The SMILES string of the molecule is NCC1(O)CCN(c2ccc3c(c2)OCCO3)CC1. The van der Waals surface area contributed by atoms with Gasteiger partial charge in [-0.2, -0.15) is 0 Å². The Hall–Kier alpha value is -1.46. The van der Waals surface area contributed by atoms with E-state index in [0.29, 0.717) is 32.6 Å². The Labute approximate surface area is 112 Å². The van der Waals surface area contributed by atoms with Gasteiger partial charge in [0.15, 0.2) is 11.5 Å². The molecule has 0 spiro atoms. The van der Waals surface area contributed by atoms with E-state index in [1.54, 1.807) is 0 Å². The van der Waals surface area contributed by atoms with Crippen LogP contribution in [0.1, 0.15) is 12.8 Å². The van der Waals surface area contributed by atoms with Crippen molar-refractivity contribution in [3.05, 3.63) is 18.2 Å². The fourth-order valence-electron chi connectivity index (χ4n) is 2.61. The summed E-state index contributed by atoms with van der Waals surface area (Å²) in [7, 11) is 0. The Balaban J connectivity index is 1.73. The molecule has 1 saturated heterocycles. The van der Waals surface area contributed by atoms with E-state index in [1.807, 2.05) is 18.2 Å². The summed E-state index contributed by atoms with van der Waals surface area (Å²) in [6.07, 6.45) is 1.41. The van der Waals surface area contributed by atoms with Crippen molar-refractivity contribution in [1.29, 1.82) is 0 Å². The lowest BCUT2D eigenvalue weighted by Gasteiger charge is -2.38. The molecule has 5 heteroatoms. The minimum Gasteiger partial charge on any atom is -0.486 e. The molecule has 2 aliphatic heterocycles. The number of ether oxygens (including phenoxy) is 2. The summed E-state index contributed by atoms with van der Waals surface area (Å²) in [6.45, 7) is 3.17. The van der Waals surface area contributed by atoms with Gasteiger partial charge in [0.1, 0.15) is 13.2 Å². The molecule has 1 aromatic carbocycles. The van der Waals surface area contributed by atoms with Crippen molar-refractivity contribution >= 4 is 5.69 Å². The van der Waals surface area contributed by atoms with E-state index >= 15 is 0 Å². The van der Waals surface area contributed by atoms with Gasteiger partial charge in [-0.1, -0.05) is 0 Å². The molecule has 0 saturated carbocycles. The number of hydrogen-bond acceptors (Lipinski definition) is 5. The molecule has 0 amide bonds. The molecule has 1 fully saturated rings. The maximum atomic E-state index is 10.1. The zero-order valence-electron chi connectivity index (χ0n) is 11.0. The molecule has 104 valence electrons. The van der Waals surface area contributed by atoms with Crippen LogP contribution in [0.3, 0.4) is 0 Å². The van der Waals surface area contributed by atoms with E-state index in [9.17, 15) is 5.11 Å². The van der Waals surface area contributed by atoms with E-state index in [2.05, 4.69) is 4.90 Å². The number of hydrogen-bond donors (Lipinski definition) is 2. The summed E-state index contributed by atoms with van der Waals surface area (Å²) in [6, 6.07) is 6.01. The lowest BCUT2D eigenvalue weighted by atomic mass is 9.91. The Bertz CT molecular complexity index is 456. The highest BCUT2D eigenvalue weighted by Gasteiger charge is 2.31. The first-order valence-corrected chi connectivity index (χ1v) is 6.77. The Morgan fingerprint density at radius 2 is 1.84 bits per heavy atom. The van der Waals surface area contributed by atoms with Crippen molar-refractivity contribution in [2.45, 2.75) is 18.4 Å². The summed E-state index contributed by atoms with van der Waals surface area (Å²) < 4.78 is 11.1. The van der Waals surface area contributed by atoms with Crippen LogP contribution in [0, 0.1) is 0 Å². The highest BCUT2D eigenvalue weighted by molar-refractivity contribution is 5.57. The molecule has 3 N–H and O–H groups in total. The number of rotatable bonds is 2. The summed E-state index contributed by atoms with van der Waals surface area (Å²) in [5.74, 6) is 1.62. The molecule has 0 unspecified atom stereocenters. The van der Waals surface area contributed by atoms with Crippen LogP contribution in [0.25, 0.3) is 0 Å². The molecule has 5 nitrogen and oxygen atoms in total. The second kappa shape index (κ2) is 4.90. The predicted molar refractivity (Wildman–Crippen MR) is 72.9 cm³/mol. The van der Waals surface area contributed by atoms with Gasteiger partial charge >= 0.3 is 0 Å². The third-order valence-corrected chi connectivity index (χ3v) is 3.97. The number of nitrogens with zero attached hydrogens (tertiary/aromatic N) is 1. The highest BCUT2D eigenvalue weighted by atomic mass is 16.6. The van der Waals surface area contributed by atoms with Gasteiger partial charge in [0.2, 0.25) is 0 Å². The molecule has 2 heterocycles. The van der Waals surface area contributed by atoms with Crippen molar-refractivity contribution in [1.82, 2.24) is 0 Å². The summed E-state index contributed by atoms with van der Waals surface area (Å²) in [4.78, 5) is 2.25. The summed E-state index contributed by atoms with van der Waals surface area (Å²) in [5, 5.41) is 10.1. The topological polar surface area (TPSA) is 68.0 Å². The first-order valence-electron chi connectivity index (χ1n) is 6.77. The van der Waals surface area contributed by atoms with Crippen LogP contribution in [0.2, 0.25) is 0 Å². The molecule has 19 heavy (non-hydrogen) atoms. The molecular weight excluding hydrogens is 244 g/mol. The molecule has 0 bridgehead atoms. The van der Waals surface area contributed by atoms with Gasteiger partial charge in [-0.15, -0.1) is 0 Å². The first kappa shape index (κ1) is 12.6. The van der Waals surface area contributed by atoms with Crippen molar-refractivity contribution in [2.24, 2.45) is 5.73 Å². The monoisotopic (exact) mass is 264 g/mol. The van der Waals surface area contributed by atoms with Crippen LogP contribution in [0.4, 0.5) is 5.69 Å². The maximum Gasteiger partial charge on any atom is 0.163 e. The molecule has 1 aromatic rings. The number of anilines is 1.